The number of aliphatic hydroxyl groups is 1. The lowest BCUT2D eigenvalue weighted by molar-refractivity contribution is -0.357. The van der Waals surface area contributed by atoms with E-state index < -0.39 is 78.6 Å². The number of rotatable bonds is 6. The van der Waals surface area contributed by atoms with E-state index in [0.29, 0.717) is 12.0 Å². The quantitative estimate of drug-likeness (QED) is 0.174. The van der Waals surface area contributed by atoms with Gasteiger partial charge in [-0.25, -0.2) is 4.79 Å². The highest BCUT2D eigenvalue weighted by Crippen LogP contribution is 2.67. The van der Waals surface area contributed by atoms with Gasteiger partial charge in [-0.2, -0.15) is 0 Å². The first-order valence-corrected chi connectivity index (χ1v) is 20.0. The Labute approximate surface area is 274 Å². The third-order valence-corrected chi connectivity index (χ3v) is 12.7. The second-order valence-electron chi connectivity index (χ2n) is 15.9. The van der Waals surface area contributed by atoms with E-state index in [1.54, 1.807) is 24.3 Å². The van der Waals surface area contributed by atoms with Crippen molar-refractivity contribution in [3.05, 3.63) is 47.0 Å². The molecule has 46 heavy (non-hydrogen) atoms. The molecule has 2 bridgehead atoms. The molecule has 1 aromatic carbocycles. The number of esters is 3. The maximum absolute atomic E-state index is 14.1. The second-order valence-corrected chi connectivity index (χ2v) is 20.4. The molecule has 3 fully saturated rings. The molecule has 1 N–H and O–H groups in total. The lowest BCUT2D eigenvalue weighted by Gasteiger charge is -2.70. The molecular formula is C36H52O9Si. The summed E-state index contributed by atoms with van der Waals surface area (Å²) in [7, 11) is -2.15. The fourth-order valence-electron chi connectivity index (χ4n) is 9.64. The highest BCUT2D eigenvalue weighted by Gasteiger charge is 2.77. The van der Waals surface area contributed by atoms with Gasteiger partial charge in [-0.05, 0) is 56.6 Å². The van der Waals surface area contributed by atoms with Crippen LogP contribution in [0.1, 0.15) is 78.6 Å². The molecule has 1 heterocycles. The van der Waals surface area contributed by atoms with Crippen LogP contribution in [0.5, 0.6) is 0 Å². The minimum Gasteiger partial charge on any atom is -0.461 e. The first kappa shape index (κ1) is 34.8. The van der Waals surface area contributed by atoms with Gasteiger partial charge in [-0.3, -0.25) is 9.59 Å². The molecule has 10 atom stereocenters. The summed E-state index contributed by atoms with van der Waals surface area (Å²) in [4.78, 5) is 40.0. The van der Waals surface area contributed by atoms with Crippen LogP contribution in [0.25, 0.3) is 0 Å². The van der Waals surface area contributed by atoms with E-state index in [9.17, 15) is 19.5 Å². The largest absolute Gasteiger partial charge is 0.461 e. The van der Waals surface area contributed by atoms with Crippen molar-refractivity contribution in [2.45, 2.75) is 123 Å². The summed E-state index contributed by atoms with van der Waals surface area (Å²) < 4.78 is 32.2. The molecule has 2 saturated carbocycles. The number of benzene rings is 1. The van der Waals surface area contributed by atoms with Crippen molar-refractivity contribution in [3.8, 4) is 0 Å². The first-order chi connectivity index (χ1) is 21.2. The summed E-state index contributed by atoms with van der Waals surface area (Å²) in [6.07, 6.45) is -2.17. The van der Waals surface area contributed by atoms with E-state index in [2.05, 4.69) is 40.4 Å². The van der Waals surface area contributed by atoms with Crippen molar-refractivity contribution < 1.29 is 42.9 Å². The van der Waals surface area contributed by atoms with E-state index in [-0.39, 0.29) is 24.9 Å². The molecule has 9 nitrogen and oxygen atoms in total. The van der Waals surface area contributed by atoms with Crippen LogP contribution < -0.4 is 0 Å². The van der Waals surface area contributed by atoms with Gasteiger partial charge in [-0.1, -0.05) is 58.4 Å². The first-order valence-electron chi connectivity index (χ1n) is 16.6. The molecule has 254 valence electrons. The van der Waals surface area contributed by atoms with Crippen molar-refractivity contribution in [2.75, 3.05) is 6.61 Å². The van der Waals surface area contributed by atoms with E-state index >= 15 is 0 Å². The topological polar surface area (TPSA) is 118 Å². The van der Waals surface area contributed by atoms with Crippen molar-refractivity contribution in [1.82, 2.24) is 0 Å². The average molecular weight is 657 g/mol. The Morgan fingerprint density at radius 2 is 1.59 bits per heavy atom. The Morgan fingerprint density at radius 1 is 0.957 bits per heavy atom. The average Bonchev–Trinajstić information content (AvgIpc) is 2.93. The predicted molar refractivity (Wildman–Crippen MR) is 174 cm³/mol. The Morgan fingerprint density at radius 3 is 2.11 bits per heavy atom. The van der Waals surface area contributed by atoms with E-state index in [0.717, 1.165) is 11.1 Å². The summed E-state index contributed by atoms with van der Waals surface area (Å²) >= 11 is 0. The van der Waals surface area contributed by atoms with Crippen molar-refractivity contribution in [1.29, 1.82) is 0 Å². The minimum atomic E-state index is -2.15. The van der Waals surface area contributed by atoms with Gasteiger partial charge in [0.1, 0.15) is 23.9 Å². The Kier molecular flexibility index (Phi) is 8.75. The lowest BCUT2D eigenvalue weighted by Crippen LogP contribution is -2.81. The van der Waals surface area contributed by atoms with Gasteiger partial charge in [0, 0.05) is 37.0 Å². The van der Waals surface area contributed by atoms with Gasteiger partial charge in [0.25, 0.3) is 0 Å². The third-order valence-electron chi connectivity index (χ3n) is 11.7. The summed E-state index contributed by atoms with van der Waals surface area (Å²) in [6.45, 7) is 21.3. The van der Waals surface area contributed by atoms with Gasteiger partial charge in [-0.15, -0.1) is 0 Å². The zero-order valence-corrected chi connectivity index (χ0v) is 30.3. The molecule has 0 spiro atoms. The van der Waals surface area contributed by atoms with E-state index in [1.165, 1.54) is 13.8 Å². The van der Waals surface area contributed by atoms with Crippen LogP contribution in [0.4, 0.5) is 0 Å². The lowest BCUT2D eigenvalue weighted by atomic mass is 9.42. The number of hydrogen-bond acceptors (Lipinski definition) is 9. The van der Waals surface area contributed by atoms with Crippen LogP contribution >= 0.6 is 0 Å². The highest BCUT2D eigenvalue weighted by atomic mass is 28.4. The highest BCUT2D eigenvalue weighted by molar-refractivity contribution is 6.69. The smallest absolute Gasteiger partial charge is 0.338 e. The zero-order chi connectivity index (χ0) is 34.2. The maximum atomic E-state index is 14.1. The number of hydrogen-bond donors (Lipinski definition) is 1. The van der Waals surface area contributed by atoms with Crippen molar-refractivity contribution >= 4 is 26.2 Å². The Hall–Kier alpha value is -2.53. The van der Waals surface area contributed by atoms with Crippen LogP contribution in [-0.2, 0) is 33.0 Å². The monoisotopic (exact) mass is 656 g/mol. The normalized spacial score (nSPS) is 39.9. The number of carbonyl (C=O) groups is 3. The van der Waals surface area contributed by atoms with Crippen molar-refractivity contribution in [2.24, 2.45) is 28.6 Å². The molecule has 10 heteroatoms. The minimum absolute atomic E-state index is 0.0673. The van der Waals surface area contributed by atoms with E-state index in [4.69, 9.17) is 23.4 Å². The molecule has 4 aliphatic rings. The van der Waals surface area contributed by atoms with Crippen LogP contribution in [0.15, 0.2) is 41.5 Å². The summed E-state index contributed by atoms with van der Waals surface area (Å²) in [6, 6.07) is 8.70. The Bertz CT molecular complexity index is 1420. The molecule has 0 radical (unpaired) electrons. The molecule has 2 unspecified atom stereocenters. The van der Waals surface area contributed by atoms with Gasteiger partial charge in [0.15, 0.2) is 13.9 Å². The molecule has 1 saturated heterocycles. The van der Waals surface area contributed by atoms with Gasteiger partial charge in [0.2, 0.25) is 0 Å². The zero-order valence-electron chi connectivity index (χ0n) is 29.3. The third kappa shape index (κ3) is 5.27. The fraction of sp³-hybridized carbons (Fsp3) is 0.694. The summed E-state index contributed by atoms with van der Waals surface area (Å²) in [5.74, 6) is -2.83. The Balaban J connectivity index is 1.86. The van der Waals surface area contributed by atoms with Crippen LogP contribution in [-0.4, -0.2) is 73.6 Å². The SMILES string of the molecule is CC(=O)O[C@@H]1[C@H](C)C2=C(C)C(O[Si](C)(C)C)C[C@@](O)([C@@H](OC(=O)c3ccccc3)C3[C@@]1(C)[C@@H](C)C[C@H]1OC[C@@]31OC(C)=O)C2(C)C. The van der Waals surface area contributed by atoms with Crippen LogP contribution in [0, 0.1) is 28.6 Å². The summed E-state index contributed by atoms with van der Waals surface area (Å²) in [5, 5.41) is 13.5. The molecular weight excluding hydrogens is 604 g/mol. The second kappa shape index (κ2) is 11.6. The van der Waals surface area contributed by atoms with Gasteiger partial charge in [0.05, 0.1) is 24.2 Å². The molecule has 3 aliphatic carbocycles. The fourth-order valence-corrected chi connectivity index (χ4v) is 10.8. The maximum Gasteiger partial charge on any atom is 0.338 e. The molecule has 1 aliphatic heterocycles. The molecule has 5 rings (SSSR count). The number of fused-ring (bicyclic) bond motifs is 5. The van der Waals surface area contributed by atoms with Gasteiger partial charge >= 0.3 is 17.9 Å². The predicted octanol–water partition coefficient (Wildman–Crippen LogP) is 5.85. The number of carbonyl (C=O) groups excluding carboxylic acids is 3. The van der Waals surface area contributed by atoms with Crippen LogP contribution in [0.3, 0.4) is 0 Å². The standard InChI is InChI=1S/C36H52O9Si/c1-20-17-27-35(19-41-27,44-24(5)38)29-31(43-32(39)25-15-13-12-14-16-25)36(40)18-26(45-46(9,10)11)21(2)28(33(36,6)7)22(3)30(34(20,29)8)42-23(4)37/h12-16,20,22,26-27,29-31,40H,17-19H2,1-11H3/t20-,22+,26?,27+,29?,30+,31-,34+,35-,36+/m0/s1. The van der Waals surface area contributed by atoms with Crippen molar-refractivity contribution in [3.63, 3.8) is 0 Å². The van der Waals surface area contributed by atoms with Gasteiger partial charge < -0.3 is 28.5 Å². The summed E-state index contributed by atoms with van der Waals surface area (Å²) in [5.41, 5.74) is -2.55. The molecule has 0 amide bonds. The molecule has 1 aromatic rings. The number of ether oxygens (including phenoxy) is 4. The van der Waals surface area contributed by atoms with Crippen LogP contribution in [0.2, 0.25) is 19.6 Å². The van der Waals surface area contributed by atoms with E-state index in [1.807, 2.05) is 26.8 Å². The molecule has 0 aromatic heterocycles.